The van der Waals surface area contributed by atoms with Crippen LogP contribution in [0, 0.1) is 17.8 Å². The highest BCUT2D eigenvalue weighted by atomic mass is 16.5. The van der Waals surface area contributed by atoms with Gasteiger partial charge in [0.15, 0.2) is 0 Å². The van der Waals surface area contributed by atoms with Gasteiger partial charge >= 0.3 is 5.97 Å². The van der Waals surface area contributed by atoms with E-state index in [1.165, 1.54) is 17.7 Å². The van der Waals surface area contributed by atoms with E-state index in [4.69, 9.17) is 4.74 Å². The highest BCUT2D eigenvalue weighted by molar-refractivity contribution is 5.75. The molecular weight excluding hydrogens is 250 g/mol. The number of rotatable bonds is 8. The summed E-state index contributed by atoms with van der Waals surface area (Å²) in [5.41, 5.74) is 0. The molecule has 1 N–H and O–H groups in total. The predicted octanol–water partition coefficient (Wildman–Crippen LogP) is 1.82. The van der Waals surface area contributed by atoms with Crippen molar-refractivity contribution in [2.75, 3.05) is 19.6 Å². The number of esters is 1. The molecule has 0 aromatic heterocycles. The highest BCUT2D eigenvalue weighted by Gasteiger charge is 2.33. The fourth-order valence-corrected chi connectivity index (χ4v) is 2.57. The van der Waals surface area contributed by atoms with Gasteiger partial charge in [0.2, 0.25) is 0 Å². The van der Waals surface area contributed by atoms with Crippen LogP contribution in [-0.4, -0.2) is 31.7 Å². The predicted molar refractivity (Wildman–Crippen MR) is 81.4 cm³/mol. The standard InChI is InChI=1S/C17H29NO2/c1-4-7-8-12-16-14-15(17(19)20-16)11-9-10-13-18(5-2)6-3/h15-16H,4-8,11-14H2,1-3H3/p+1/t15-,16+/m0/s1. The Balaban J connectivity index is 2.27. The lowest BCUT2D eigenvalue weighted by molar-refractivity contribution is -0.889. The van der Waals surface area contributed by atoms with E-state index in [1.807, 2.05) is 0 Å². The Morgan fingerprint density at radius 1 is 1.20 bits per heavy atom. The lowest BCUT2D eigenvalue weighted by atomic mass is 9.99. The first kappa shape index (κ1) is 17.0. The molecule has 114 valence electrons. The average molecular weight is 280 g/mol. The van der Waals surface area contributed by atoms with Gasteiger partial charge in [-0.25, -0.2) is 0 Å². The number of carbonyl (C=O) groups is 1. The van der Waals surface area contributed by atoms with Gasteiger partial charge in [0, 0.05) is 6.42 Å². The second-order valence-electron chi connectivity index (χ2n) is 5.68. The number of unbranched alkanes of at least 4 members (excludes halogenated alkanes) is 2. The molecule has 2 atom stereocenters. The lowest BCUT2D eigenvalue weighted by Gasteiger charge is -2.10. The lowest BCUT2D eigenvalue weighted by Crippen LogP contribution is -3.11. The molecule has 0 aromatic carbocycles. The zero-order valence-electron chi connectivity index (χ0n) is 13.3. The Morgan fingerprint density at radius 3 is 2.60 bits per heavy atom. The molecule has 0 unspecified atom stereocenters. The first-order chi connectivity index (χ1) is 9.71. The molecule has 0 aliphatic carbocycles. The molecule has 1 aliphatic heterocycles. The van der Waals surface area contributed by atoms with Crippen molar-refractivity contribution in [3.63, 3.8) is 0 Å². The molecule has 3 heteroatoms. The van der Waals surface area contributed by atoms with E-state index in [-0.39, 0.29) is 18.0 Å². The third-order valence-electron chi connectivity index (χ3n) is 4.11. The van der Waals surface area contributed by atoms with E-state index in [1.54, 1.807) is 0 Å². The molecule has 1 aliphatic rings. The van der Waals surface area contributed by atoms with Crippen LogP contribution >= 0.6 is 0 Å². The summed E-state index contributed by atoms with van der Waals surface area (Å²) in [5, 5.41) is 0. The minimum atomic E-state index is -0.0315. The minimum absolute atomic E-state index is 0.0147. The quantitative estimate of drug-likeness (QED) is 0.418. The summed E-state index contributed by atoms with van der Waals surface area (Å²) < 4.78 is 5.43. The van der Waals surface area contributed by atoms with Crippen LogP contribution in [0.3, 0.4) is 0 Å². The molecular formula is C17H30NO2+. The second kappa shape index (κ2) is 9.83. The first-order valence-electron chi connectivity index (χ1n) is 8.20. The third kappa shape index (κ3) is 5.96. The largest absolute Gasteiger partial charge is 0.462 e. The van der Waals surface area contributed by atoms with Crippen molar-refractivity contribution in [2.24, 2.45) is 5.92 Å². The maximum atomic E-state index is 11.8. The monoisotopic (exact) mass is 280 g/mol. The van der Waals surface area contributed by atoms with Crippen LogP contribution in [-0.2, 0) is 9.53 Å². The summed E-state index contributed by atoms with van der Waals surface area (Å²) in [5.74, 6) is 6.36. The van der Waals surface area contributed by atoms with Crippen molar-refractivity contribution < 1.29 is 14.4 Å². The van der Waals surface area contributed by atoms with E-state index >= 15 is 0 Å². The van der Waals surface area contributed by atoms with Gasteiger partial charge in [0.1, 0.15) is 12.6 Å². The van der Waals surface area contributed by atoms with Crippen LogP contribution < -0.4 is 4.90 Å². The summed E-state index contributed by atoms with van der Waals surface area (Å²) in [4.78, 5) is 13.3. The molecule has 1 rings (SSSR count). The molecule has 1 fully saturated rings. The van der Waals surface area contributed by atoms with Gasteiger partial charge in [-0.1, -0.05) is 25.7 Å². The van der Waals surface area contributed by atoms with E-state index in [0.717, 1.165) is 38.9 Å². The van der Waals surface area contributed by atoms with Crippen LogP contribution in [0.2, 0.25) is 0 Å². The Morgan fingerprint density at radius 2 is 1.95 bits per heavy atom. The van der Waals surface area contributed by atoms with Crippen molar-refractivity contribution in [2.45, 2.75) is 65.4 Å². The zero-order valence-corrected chi connectivity index (χ0v) is 13.3. The van der Waals surface area contributed by atoms with E-state index in [0.29, 0.717) is 6.42 Å². The van der Waals surface area contributed by atoms with Crippen LogP contribution in [0.5, 0.6) is 0 Å². The minimum Gasteiger partial charge on any atom is -0.462 e. The Kier molecular flexibility index (Phi) is 8.37. The number of ether oxygens (including phenoxy) is 1. The van der Waals surface area contributed by atoms with Gasteiger partial charge < -0.3 is 9.64 Å². The van der Waals surface area contributed by atoms with Crippen molar-refractivity contribution in [1.82, 2.24) is 0 Å². The fraction of sp³-hybridized carbons (Fsp3) is 0.824. The van der Waals surface area contributed by atoms with Crippen LogP contribution in [0.25, 0.3) is 0 Å². The Hall–Kier alpha value is -1.01. The second-order valence-corrected chi connectivity index (χ2v) is 5.68. The number of carbonyl (C=O) groups excluding carboxylic acids is 1. The first-order valence-corrected chi connectivity index (χ1v) is 8.20. The molecule has 1 saturated heterocycles. The van der Waals surface area contributed by atoms with Crippen molar-refractivity contribution >= 4 is 5.97 Å². The molecule has 3 nitrogen and oxygen atoms in total. The van der Waals surface area contributed by atoms with Crippen LogP contribution in [0.15, 0.2) is 0 Å². The summed E-state index contributed by atoms with van der Waals surface area (Å²) in [6.07, 6.45) is 6.31. The Labute approximate surface area is 124 Å². The van der Waals surface area contributed by atoms with Gasteiger partial charge in [-0.3, -0.25) is 4.79 Å². The van der Waals surface area contributed by atoms with Gasteiger partial charge in [-0.2, -0.15) is 0 Å². The smallest absolute Gasteiger partial charge is 0.310 e. The van der Waals surface area contributed by atoms with Crippen molar-refractivity contribution in [3.8, 4) is 11.8 Å². The number of nitrogens with one attached hydrogen (secondary N) is 1. The van der Waals surface area contributed by atoms with Gasteiger partial charge in [0.25, 0.3) is 0 Å². The molecule has 1 heterocycles. The van der Waals surface area contributed by atoms with Crippen LogP contribution in [0.1, 0.15) is 59.3 Å². The van der Waals surface area contributed by atoms with Gasteiger partial charge in [0.05, 0.1) is 19.0 Å². The highest BCUT2D eigenvalue weighted by Crippen LogP contribution is 2.26. The number of cyclic esters (lactones) is 1. The maximum absolute atomic E-state index is 11.8. The normalized spacial score (nSPS) is 21.7. The molecule has 0 spiro atoms. The SMILES string of the molecule is CCCCC[C@@H]1C[C@H](CC#CC[NH+](CC)CC)C(=O)O1. The molecule has 0 amide bonds. The maximum Gasteiger partial charge on any atom is 0.310 e. The third-order valence-corrected chi connectivity index (χ3v) is 4.11. The van der Waals surface area contributed by atoms with E-state index < -0.39 is 0 Å². The zero-order chi connectivity index (χ0) is 14.8. The summed E-state index contributed by atoms with van der Waals surface area (Å²) >= 11 is 0. The van der Waals surface area contributed by atoms with Crippen LogP contribution in [0.4, 0.5) is 0 Å². The summed E-state index contributed by atoms with van der Waals surface area (Å²) in [6, 6.07) is 0. The molecule has 0 aromatic rings. The van der Waals surface area contributed by atoms with E-state index in [9.17, 15) is 4.79 Å². The molecule has 0 saturated carbocycles. The number of hydrogen-bond donors (Lipinski definition) is 1. The van der Waals surface area contributed by atoms with E-state index in [2.05, 4.69) is 32.6 Å². The van der Waals surface area contributed by atoms with Crippen molar-refractivity contribution in [1.29, 1.82) is 0 Å². The number of hydrogen-bond acceptors (Lipinski definition) is 2. The molecule has 0 bridgehead atoms. The average Bonchev–Trinajstić information content (AvgIpc) is 2.80. The van der Waals surface area contributed by atoms with Crippen molar-refractivity contribution in [3.05, 3.63) is 0 Å². The van der Waals surface area contributed by atoms with Gasteiger partial charge in [-0.05, 0) is 39.0 Å². The number of quaternary nitrogens is 1. The van der Waals surface area contributed by atoms with Gasteiger partial charge in [-0.15, -0.1) is 0 Å². The Bertz CT molecular complexity index is 339. The molecule has 0 radical (unpaired) electrons. The summed E-state index contributed by atoms with van der Waals surface area (Å²) in [7, 11) is 0. The summed E-state index contributed by atoms with van der Waals surface area (Å²) in [6.45, 7) is 9.64. The topological polar surface area (TPSA) is 30.7 Å². The fourth-order valence-electron chi connectivity index (χ4n) is 2.57. The molecule has 20 heavy (non-hydrogen) atoms.